The van der Waals surface area contributed by atoms with Crippen LogP contribution >= 0.6 is 0 Å². The van der Waals surface area contributed by atoms with Gasteiger partial charge in [-0.15, -0.1) is 0 Å². The van der Waals surface area contributed by atoms with Gasteiger partial charge in [-0.3, -0.25) is 4.90 Å². The van der Waals surface area contributed by atoms with E-state index in [4.69, 9.17) is 14.2 Å². The van der Waals surface area contributed by atoms with Crippen LogP contribution in [-0.2, 0) is 9.47 Å². The number of nitrogens with zero attached hydrogens (tertiary/aromatic N) is 1. The average molecular weight is 383 g/mol. The summed E-state index contributed by atoms with van der Waals surface area (Å²) in [4.78, 5) is 2.30. The lowest BCUT2D eigenvalue weighted by Gasteiger charge is -2.38. The highest BCUT2D eigenvalue weighted by atomic mass is 16.7. The highest BCUT2D eigenvalue weighted by Gasteiger charge is 2.34. The molecule has 2 heterocycles. The molecule has 0 radical (unpaired) electrons. The summed E-state index contributed by atoms with van der Waals surface area (Å²) in [7, 11) is 0. The summed E-state index contributed by atoms with van der Waals surface area (Å²) in [6, 6.07) is 18.5. The van der Waals surface area contributed by atoms with E-state index in [0.29, 0.717) is 19.8 Å². The highest BCUT2D eigenvalue weighted by Crippen LogP contribution is 2.25. The van der Waals surface area contributed by atoms with Crippen molar-refractivity contribution in [3.05, 3.63) is 54.6 Å². The summed E-state index contributed by atoms with van der Waals surface area (Å²) < 4.78 is 17.2. The van der Waals surface area contributed by atoms with Gasteiger partial charge in [0.15, 0.2) is 6.29 Å². The van der Waals surface area contributed by atoms with Crippen LogP contribution in [0, 0.1) is 0 Å². The van der Waals surface area contributed by atoms with E-state index >= 15 is 0 Å². The van der Waals surface area contributed by atoms with Gasteiger partial charge < -0.3 is 19.3 Å². The van der Waals surface area contributed by atoms with Crippen molar-refractivity contribution < 1.29 is 19.3 Å². The van der Waals surface area contributed by atoms with Crippen LogP contribution < -0.4 is 4.74 Å². The predicted molar refractivity (Wildman–Crippen MR) is 108 cm³/mol. The van der Waals surface area contributed by atoms with Crippen LogP contribution in [0.25, 0.3) is 11.1 Å². The molecule has 28 heavy (non-hydrogen) atoms. The zero-order valence-electron chi connectivity index (χ0n) is 16.2. The van der Waals surface area contributed by atoms with Crippen LogP contribution in [0.15, 0.2) is 54.6 Å². The number of hydrogen-bond acceptors (Lipinski definition) is 5. The van der Waals surface area contributed by atoms with Crippen LogP contribution in [0.1, 0.15) is 19.3 Å². The van der Waals surface area contributed by atoms with Gasteiger partial charge in [-0.05, 0) is 42.6 Å². The molecule has 2 atom stereocenters. The Balaban J connectivity index is 1.28. The van der Waals surface area contributed by atoms with E-state index in [2.05, 4.69) is 17.0 Å². The van der Waals surface area contributed by atoms with Crippen LogP contribution in [0.2, 0.25) is 0 Å². The number of aliphatic hydroxyl groups is 1. The zero-order valence-corrected chi connectivity index (χ0v) is 16.2. The number of β-amino-alcohol motifs (C(OH)–C–C–N with tert-alkyl or cyclic N) is 1. The van der Waals surface area contributed by atoms with Crippen LogP contribution in [-0.4, -0.2) is 61.4 Å². The summed E-state index contributed by atoms with van der Waals surface area (Å²) in [6.45, 7) is 3.16. The number of benzene rings is 2. The molecule has 5 nitrogen and oxygen atoms in total. The number of piperidine rings is 1. The smallest absolute Gasteiger partial charge is 0.173 e. The Kier molecular flexibility index (Phi) is 6.60. The number of ether oxygens (including phenoxy) is 3. The first-order chi connectivity index (χ1) is 13.8. The van der Waals surface area contributed by atoms with Gasteiger partial charge in [0.2, 0.25) is 0 Å². The van der Waals surface area contributed by atoms with Gasteiger partial charge >= 0.3 is 0 Å². The number of hydrogen-bond donors (Lipinski definition) is 1. The molecule has 4 rings (SSSR count). The van der Waals surface area contributed by atoms with Gasteiger partial charge in [-0.25, -0.2) is 0 Å². The summed E-state index contributed by atoms with van der Waals surface area (Å²) in [5, 5.41) is 10.5. The molecule has 2 aliphatic heterocycles. The predicted octanol–water partition coefficient (Wildman–Crippen LogP) is 3.32. The second-order valence-electron chi connectivity index (χ2n) is 7.52. The lowest BCUT2D eigenvalue weighted by Crippen LogP contribution is -2.50. The first-order valence-corrected chi connectivity index (χ1v) is 10.2. The molecule has 2 unspecified atom stereocenters. The Morgan fingerprint density at radius 2 is 1.68 bits per heavy atom. The van der Waals surface area contributed by atoms with Crippen molar-refractivity contribution in [2.45, 2.75) is 37.7 Å². The fourth-order valence-corrected chi connectivity index (χ4v) is 4.04. The molecular weight excluding hydrogens is 354 g/mol. The van der Waals surface area contributed by atoms with Gasteiger partial charge in [0.25, 0.3) is 0 Å². The standard InChI is InChI=1S/C23H29NO4/c25-20(16-24-13-5-4-8-22(24)23-26-14-15-27-23)17-28-21-11-9-19(10-12-21)18-6-2-1-3-7-18/h1-3,6-7,9-12,20,22-23,25H,4-5,8,13-17H2. The summed E-state index contributed by atoms with van der Waals surface area (Å²) in [5.74, 6) is 0.774. The highest BCUT2D eigenvalue weighted by molar-refractivity contribution is 5.63. The first-order valence-electron chi connectivity index (χ1n) is 10.2. The molecule has 0 spiro atoms. The van der Waals surface area contributed by atoms with Crippen molar-refractivity contribution in [3.8, 4) is 16.9 Å². The Morgan fingerprint density at radius 1 is 0.964 bits per heavy atom. The summed E-state index contributed by atoms with van der Waals surface area (Å²) in [6.07, 6.45) is 2.69. The topological polar surface area (TPSA) is 51.2 Å². The lowest BCUT2D eigenvalue weighted by molar-refractivity contribution is -0.115. The maximum atomic E-state index is 10.5. The van der Waals surface area contributed by atoms with E-state index < -0.39 is 6.10 Å². The maximum Gasteiger partial charge on any atom is 0.173 e. The van der Waals surface area contributed by atoms with Gasteiger partial charge in [0.05, 0.1) is 19.3 Å². The lowest BCUT2D eigenvalue weighted by atomic mass is 10.0. The van der Waals surface area contributed by atoms with E-state index in [1.807, 2.05) is 42.5 Å². The minimum absolute atomic E-state index is 0.154. The van der Waals surface area contributed by atoms with Crippen molar-refractivity contribution in [1.29, 1.82) is 0 Å². The second kappa shape index (κ2) is 9.52. The SMILES string of the molecule is OC(COc1ccc(-c2ccccc2)cc1)CN1CCCCC1C1OCCO1. The molecule has 2 fully saturated rings. The van der Waals surface area contributed by atoms with Gasteiger partial charge in [-0.1, -0.05) is 48.9 Å². The zero-order chi connectivity index (χ0) is 19.2. The van der Waals surface area contributed by atoms with Crippen molar-refractivity contribution in [2.75, 3.05) is 32.9 Å². The van der Waals surface area contributed by atoms with E-state index in [0.717, 1.165) is 30.7 Å². The first kappa shape index (κ1) is 19.4. The fraction of sp³-hybridized carbons (Fsp3) is 0.478. The van der Waals surface area contributed by atoms with E-state index in [1.54, 1.807) is 0 Å². The molecule has 0 amide bonds. The van der Waals surface area contributed by atoms with E-state index in [-0.39, 0.29) is 18.9 Å². The fourth-order valence-electron chi connectivity index (χ4n) is 4.04. The number of aliphatic hydroxyl groups excluding tert-OH is 1. The molecule has 5 heteroatoms. The van der Waals surface area contributed by atoms with Gasteiger partial charge in [-0.2, -0.15) is 0 Å². The van der Waals surface area contributed by atoms with E-state index in [9.17, 15) is 5.11 Å². The molecular formula is C23H29NO4. The van der Waals surface area contributed by atoms with Gasteiger partial charge in [0.1, 0.15) is 18.5 Å². The number of rotatable bonds is 7. The molecule has 1 N–H and O–H groups in total. The Bertz CT molecular complexity index is 715. The minimum atomic E-state index is -0.546. The molecule has 0 aromatic heterocycles. The Hall–Kier alpha value is -1.92. The third kappa shape index (κ3) is 4.92. The molecule has 2 aromatic carbocycles. The van der Waals surface area contributed by atoms with E-state index in [1.165, 1.54) is 12.0 Å². The Labute approximate surface area is 166 Å². The molecule has 0 saturated carbocycles. The van der Waals surface area contributed by atoms with Crippen LogP contribution in [0.4, 0.5) is 0 Å². The Morgan fingerprint density at radius 3 is 2.43 bits per heavy atom. The van der Waals surface area contributed by atoms with Crippen molar-refractivity contribution in [2.24, 2.45) is 0 Å². The van der Waals surface area contributed by atoms with Crippen LogP contribution in [0.5, 0.6) is 5.75 Å². The van der Waals surface area contributed by atoms with Gasteiger partial charge in [0, 0.05) is 6.54 Å². The quantitative estimate of drug-likeness (QED) is 0.795. The third-order valence-electron chi connectivity index (χ3n) is 5.48. The maximum absolute atomic E-state index is 10.5. The van der Waals surface area contributed by atoms with Crippen molar-refractivity contribution in [1.82, 2.24) is 4.90 Å². The molecule has 150 valence electrons. The van der Waals surface area contributed by atoms with Crippen molar-refractivity contribution in [3.63, 3.8) is 0 Å². The largest absolute Gasteiger partial charge is 0.491 e. The van der Waals surface area contributed by atoms with Crippen molar-refractivity contribution >= 4 is 0 Å². The third-order valence-corrected chi connectivity index (χ3v) is 5.48. The molecule has 2 saturated heterocycles. The summed E-state index contributed by atoms with van der Waals surface area (Å²) in [5.41, 5.74) is 2.34. The molecule has 0 aliphatic carbocycles. The average Bonchev–Trinajstić information content (AvgIpc) is 3.28. The molecule has 2 aromatic rings. The van der Waals surface area contributed by atoms with Crippen LogP contribution in [0.3, 0.4) is 0 Å². The number of likely N-dealkylation sites (tertiary alicyclic amines) is 1. The molecule has 0 bridgehead atoms. The second-order valence-corrected chi connectivity index (χ2v) is 7.52. The summed E-state index contributed by atoms with van der Waals surface area (Å²) >= 11 is 0. The minimum Gasteiger partial charge on any atom is -0.491 e. The monoisotopic (exact) mass is 383 g/mol. The normalized spacial score (nSPS) is 22.2. The molecule has 2 aliphatic rings.